The quantitative estimate of drug-likeness (QED) is 0.160. The van der Waals surface area contributed by atoms with Gasteiger partial charge in [0.05, 0.1) is 16.8 Å². The van der Waals surface area contributed by atoms with Crippen molar-refractivity contribution in [3.05, 3.63) is 253 Å². The maximum atomic E-state index is 5.26. The molecule has 0 saturated carbocycles. The maximum Gasteiger partial charge on any atom is 0.160 e. The highest BCUT2D eigenvalue weighted by Crippen LogP contribution is 2.57. The molecular formula is C59H38N2S. The lowest BCUT2D eigenvalue weighted by Gasteiger charge is -2.35. The third kappa shape index (κ3) is 5.85. The number of thiophene rings is 1. The first kappa shape index (κ1) is 36.2. The van der Waals surface area contributed by atoms with Crippen LogP contribution in [0.15, 0.2) is 231 Å². The molecule has 0 radical (unpaired) electrons. The monoisotopic (exact) mass is 806 g/mol. The van der Waals surface area contributed by atoms with Crippen molar-refractivity contribution in [1.29, 1.82) is 0 Å². The van der Waals surface area contributed by atoms with Gasteiger partial charge in [0.25, 0.3) is 0 Å². The van der Waals surface area contributed by atoms with Crippen molar-refractivity contribution < 1.29 is 0 Å². The third-order valence-corrected chi connectivity index (χ3v) is 13.8. The van der Waals surface area contributed by atoms with E-state index in [1.54, 1.807) is 0 Å². The van der Waals surface area contributed by atoms with Crippen molar-refractivity contribution >= 4 is 31.5 Å². The van der Waals surface area contributed by atoms with Gasteiger partial charge < -0.3 is 0 Å². The summed E-state index contributed by atoms with van der Waals surface area (Å²) in [4.78, 5) is 10.5. The van der Waals surface area contributed by atoms with Crippen molar-refractivity contribution in [3.63, 3.8) is 0 Å². The van der Waals surface area contributed by atoms with E-state index < -0.39 is 5.41 Å². The highest BCUT2D eigenvalue weighted by Gasteiger charge is 2.46. The summed E-state index contributed by atoms with van der Waals surface area (Å²) in [6.45, 7) is 0. The number of hydrogen-bond donors (Lipinski definition) is 0. The molecule has 9 aromatic carbocycles. The molecule has 0 bridgehead atoms. The van der Waals surface area contributed by atoms with Crippen LogP contribution in [0.3, 0.4) is 0 Å². The molecule has 1 aliphatic carbocycles. The first-order valence-corrected chi connectivity index (χ1v) is 22.0. The highest BCUT2D eigenvalue weighted by atomic mass is 32.1. The average molecular weight is 807 g/mol. The summed E-state index contributed by atoms with van der Waals surface area (Å²) in [7, 11) is 0. The molecule has 0 atom stereocenters. The van der Waals surface area contributed by atoms with Crippen LogP contribution in [0.2, 0.25) is 0 Å². The molecule has 62 heavy (non-hydrogen) atoms. The summed E-state index contributed by atoms with van der Waals surface area (Å²) >= 11 is 1.85. The van der Waals surface area contributed by atoms with E-state index >= 15 is 0 Å². The Morgan fingerprint density at radius 2 is 0.823 bits per heavy atom. The summed E-state index contributed by atoms with van der Waals surface area (Å²) in [5, 5.41) is 2.61. The fraction of sp³-hybridized carbons (Fsp3) is 0.0169. The van der Waals surface area contributed by atoms with Crippen molar-refractivity contribution in [3.8, 4) is 67.3 Å². The molecule has 0 spiro atoms. The Morgan fingerprint density at radius 3 is 1.55 bits per heavy atom. The lowest BCUT2D eigenvalue weighted by molar-refractivity contribution is 0.770. The zero-order valence-corrected chi connectivity index (χ0v) is 34.6. The fourth-order valence-corrected chi connectivity index (χ4v) is 10.9. The SMILES string of the molecule is c1ccc(-c2nc(-c3ccc(-c4ccc5sc6ccccc6c5c4)cc3)cc(-c3cccc(-c4ccccc4C4(c5ccccc5)c5ccccc5-c5ccccc54)c3)n2)cc1. The van der Waals surface area contributed by atoms with E-state index in [4.69, 9.17) is 9.97 Å². The second kappa shape index (κ2) is 14.8. The van der Waals surface area contributed by atoms with Gasteiger partial charge in [-0.2, -0.15) is 0 Å². The smallest absolute Gasteiger partial charge is 0.160 e. The predicted molar refractivity (Wildman–Crippen MR) is 259 cm³/mol. The molecule has 0 N–H and O–H groups in total. The first-order valence-electron chi connectivity index (χ1n) is 21.1. The van der Waals surface area contributed by atoms with Gasteiger partial charge in [-0.3, -0.25) is 0 Å². The van der Waals surface area contributed by atoms with Crippen LogP contribution < -0.4 is 0 Å². The molecule has 0 unspecified atom stereocenters. The minimum atomic E-state index is -0.515. The molecule has 1 aliphatic rings. The van der Waals surface area contributed by atoms with Gasteiger partial charge in [0.15, 0.2) is 5.82 Å². The molecule has 0 amide bonds. The van der Waals surface area contributed by atoms with Crippen molar-refractivity contribution in [2.24, 2.45) is 0 Å². The van der Waals surface area contributed by atoms with Crippen molar-refractivity contribution in [1.82, 2.24) is 9.97 Å². The maximum absolute atomic E-state index is 5.26. The summed E-state index contributed by atoms with van der Waals surface area (Å²) < 4.78 is 2.63. The zero-order chi connectivity index (χ0) is 41.0. The van der Waals surface area contributed by atoms with Crippen LogP contribution in [-0.4, -0.2) is 9.97 Å². The van der Waals surface area contributed by atoms with Gasteiger partial charge >= 0.3 is 0 Å². The molecule has 3 heteroatoms. The molecule has 0 aliphatic heterocycles. The van der Waals surface area contributed by atoms with E-state index in [-0.39, 0.29) is 0 Å². The Morgan fingerprint density at radius 1 is 0.306 bits per heavy atom. The summed E-state index contributed by atoms with van der Waals surface area (Å²) in [6.07, 6.45) is 0. The molecule has 290 valence electrons. The van der Waals surface area contributed by atoms with Crippen LogP contribution in [0.25, 0.3) is 87.5 Å². The van der Waals surface area contributed by atoms with E-state index in [0.717, 1.165) is 33.6 Å². The van der Waals surface area contributed by atoms with E-state index in [1.807, 2.05) is 29.5 Å². The molecule has 2 nitrogen and oxygen atoms in total. The van der Waals surface area contributed by atoms with Gasteiger partial charge in [-0.1, -0.05) is 200 Å². The second-order valence-corrected chi connectivity index (χ2v) is 17.1. The molecule has 2 aromatic heterocycles. The van der Waals surface area contributed by atoms with Crippen molar-refractivity contribution in [2.45, 2.75) is 5.41 Å². The van der Waals surface area contributed by atoms with Gasteiger partial charge in [-0.15, -0.1) is 11.3 Å². The number of rotatable bonds is 7. The Kier molecular flexibility index (Phi) is 8.62. The molecule has 0 fully saturated rings. The van der Waals surface area contributed by atoms with Crippen LogP contribution in [-0.2, 0) is 5.41 Å². The predicted octanol–water partition coefficient (Wildman–Crippen LogP) is 15.5. The zero-order valence-electron chi connectivity index (χ0n) is 33.7. The largest absolute Gasteiger partial charge is 0.228 e. The van der Waals surface area contributed by atoms with Gasteiger partial charge in [0, 0.05) is 36.9 Å². The molecule has 2 heterocycles. The molecule has 12 rings (SSSR count). The standard InChI is InChI=1S/C59H38N2S/c1-3-16-41(17-4-1)58-60-54(40-32-30-39(31-33-40)42-34-35-57-50(37-42)49-25-10-14-29-56(49)62-57)38-55(61-58)44-19-15-18-43(36-44)46-22-7-11-26-51(46)59(45-20-5-2-6-21-45)52-27-12-8-23-47(52)48-24-9-13-28-53(48)59/h1-38H. The normalized spacial score (nSPS) is 12.6. The van der Waals surface area contributed by atoms with E-state index in [1.165, 1.54) is 70.2 Å². The van der Waals surface area contributed by atoms with Gasteiger partial charge in [-0.05, 0) is 86.0 Å². The number of fused-ring (bicyclic) bond motifs is 6. The van der Waals surface area contributed by atoms with Crippen molar-refractivity contribution in [2.75, 3.05) is 0 Å². The van der Waals surface area contributed by atoms with E-state index in [0.29, 0.717) is 5.82 Å². The van der Waals surface area contributed by atoms with Crippen LogP contribution >= 0.6 is 11.3 Å². The second-order valence-electron chi connectivity index (χ2n) is 16.0. The van der Waals surface area contributed by atoms with Gasteiger partial charge in [0.2, 0.25) is 0 Å². The van der Waals surface area contributed by atoms with Crippen LogP contribution in [0, 0.1) is 0 Å². The Labute approximate surface area is 365 Å². The Hall–Kier alpha value is -7.72. The van der Waals surface area contributed by atoms with Gasteiger partial charge in [0.1, 0.15) is 0 Å². The first-order chi connectivity index (χ1) is 30.7. The Bertz CT molecular complexity index is 3410. The Balaban J connectivity index is 0.982. The fourth-order valence-electron chi connectivity index (χ4n) is 9.79. The number of hydrogen-bond acceptors (Lipinski definition) is 3. The number of benzene rings is 9. The molecular weight excluding hydrogens is 769 g/mol. The third-order valence-electron chi connectivity index (χ3n) is 12.6. The summed E-state index contributed by atoms with van der Waals surface area (Å²) in [6, 6.07) is 83.5. The number of nitrogens with zero attached hydrogens (tertiary/aromatic N) is 2. The van der Waals surface area contributed by atoms with Crippen LogP contribution in [0.1, 0.15) is 22.3 Å². The lowest BCUT2D eigenvalue weighted by Crippen LogP contribution is -2.29. The highest BCUT2D eigenvalue weighted by molar-refractivity contribution is 7.25. The van der Waals surface area contributed by atoms with Crippen LogP contribution in [0.5, 0.6) is 0 Å². The summed E-state index contributed by atoms with van der Waals surface area (Å²) in [5.74, 6) is 0.699. The average Bonchev–Trinajstić information content (AvgIpc) is 3.88. The number of aromatic nitrogens is 2. The van der Waals surface area contributed by atoms with Crippen LogP contribution in [0.4, 0.5) is 0 Å². The topological polar surface area (TPSA) is 25.8 Å². The molecule has 11 aromatic rings. The van der Waals surface area contributed by atoms with Gasteiger partial charge in [-0.25, -0.2) is 9.97 Å². The van der Waals surface area contributed by atoms with E-state index in [2.05, 4.69) is 212 Å². The lowest BCUT2D eigenvalue weighted by atomic mass is 9.66. The molecule has 0 saturated heterocycles. The van der Waals surface area contributed by atoms with E-state index in [9.17, 15) is 0 Å². The summed E-state index contributed by atoms with van der Waals surface area (Å²) in [5.41, 5.74) is 16.7. The minimum Gasteiger partial charge on any atom is -0.228 e. The minimum absolute atomic E-state index is 0.515.